The fourth-order valence-electron chi connectivity index (χ4n) is 2.55. The second-order valence-corrected chi connectivity index (χ2v) is 5.25. The van der Waals surface area contributed by atoms with Crippen LogP contribution in [-0.2, 0) is 12.8 Å². The molecule has 0 spiro atoms. The van der Waals surface area contributed by atoms with Crippen LogP contribution < -0.4 is 0 Å². The van der Waals surface area contributed by atoms with Crippen LogP contribution >= 0.6 is 15.9 Å². The van der Waals surface area contributed by atoms with Gasteiger partial charge in [-0.25, -0.2) is 0 Å². The minimum atomic E-state index is 1.18. The van der Waals surface area contributed by atoms with E-state index >= 15 is 0 Å². The summed E-state index contributed by atoms with van der Waals surface area (Å²) < 4.78 is 1.18. The average Bonchev–Trinajstić information content (AvgIpc) is 2.44. The van der Waals surface area contributed by atoms with Crippen LogP contribution in [-0.4, -0.2) is 4.98 Å². The van der Waals surface area contributed by atoms with E-state index in [2.05, 4.69) is 39.1 Å². The maximum atomic E-state index is 3.56. The minimum absolute atomic E-state index is 1.18. The number of aromatic nitrogens is 1. The first kappa shape index (κ1) is 9.46. The van der Waals surface area contributed by atoms with Crippen LogP contribution in [0, 0.1) is 0 Å². The summed E-state index contributed by atoms with van der Waals surface area (Å²) in [6, 6.07) is 6.53. The van der Waals surface area contributed by atoms with Gasteiger partial charge in [0, 0.05) is 21.1 Å². The zero-order valence-electron chi connectivity index (χ0n) is 8.65. The summed E-state index contributed by atoms with van der Waals surface area (Å²) in [5.74, 6) is 0. The van der Waals surface area contributed by atoms with Crippen LogP contribution in [0.1, 0.15) is 30.5 Å². The highest BCUT2D eigenvalue weighted by Gasteiger charge is 2.13. The van der Waals surface area contributed by atoms with Crippen molar-refractivity contribution in [2.24, 2.45) is 0 Å². The largest absolute Gasteiger partial charge is 0.358 e. The average molecular weight is 264 g/mol. The molecular formula is C13H14BrN. The van der Waals surface area contributed by atoms with Gasteiger partial charge in [0.05, 0.1) is 0 Å². The fraction of sp³-hybridized carbons (Fsp3) is 0.385. The molecule has 1 N–H and O–H groups in total. The first-order valence-electron chi connectivity index (χ1n) is 5.63. The van der Waals surface area contributed by atoms with Gasteiger partial charge in [-0.1, -0.05) is 22.4 Å². The molecule has 0 aliphatic heterocycles. The van der Waals surface area contributed by atoms with Crippen LogP contribution in [0.3, 0.4) is 0 Å². The summed E-state index contributed by atoms with van der Waals surface area (Å²) in [5, 5.41) is 1.42. The van der Waals surface area contributed by atoms with E-state index in [-0.39, 0.29) is 0 Å². The summed E-state index contributed by atoms with van der Waals surface area (Å²) in [7, 11) is 0. The Balaban J connectivity index is 2.24. The van der Waals surface area contributed by atoms with Crippen LogP contribution in [0.5, 0.6) is 0 Å². The Morgan fingerprint density at radius 3 is 2.87 bits per heavy atom. The molecule has 2 heteroatoms. The number of fused-ring (bicyclic) bond motifs is 3. The smallest absolute Gasteiger partial charge is 0.0459 e. The van der Waals surface area contributed by atoms with Crippen molar-refractivity contribution in [2.45, 2.75) is 32.1 Å². The van der Waals surface area contributed by atoms with Crippen molar-refractivity contribution in [2.75, 3.05) is 0 Å². The van der Waals surface area contributed by atoms with Gasteiger partial charge in [0.1, 0.15) is 0 Å². The summed E-state index contributed by atoms with van der Waals surface area (Å²) in [5.41, 5.74) is 4.33. The third kappa shape index (κ3) is 1.61. The Labute approximate surface area is 98.0 Å². The molecule has 0 radical (unpaired) electrons. The van der Waals surface area contributed by atoms with Crippen LogP contribution in [0.25, 0.3) is 10.9 Å². The molecule has 1 aromatic carbocycles. The molecule has 1 aliphatic carbocycles. The topological polar surface area (TPSA) is 15.8 Å². The number of benzene rings is 1. The maximum absolute atomic E-state index is 3.56. The molecule has 15 heavy (non-hydrogen) atoms. The Bertz CT molecular complexity index is 498. The molecule has 0 saturated carbocycles. The Hall–Kier alpha value is -0.760. The van der Waals surface area contributed by atoms with Crippen LogP contribution in [0.2, 0.25) is 0 Å². The lowest BCUT2D eigenvalue weighted by Crippen LogP contribution is -1.86. The van der Waals surface area contributed by atoms with E-state index in [1.165, 1.54) is 53.2 Å². The van der Waals surface area contributed by atoms with Gasteiger partial charge >= 0.3 is 0 Å². The van der Waals surface area contributed by atoms with Crippen molar-refractivity contribution >= 4 is 26.8 Å². The molecule has 1 aliphatic rings. The van der Waals surface area contributed by atoms with Crippen molar-refractivity contribution in [3.8, 4) is 0 Å². The molecule has 3 rings (SSSR count). The Morgan fingerprint density at radius 2 is 1.93 bits per heavy atom. The first-order chi connectivity index (χ1) is 7.34. The number of hydrogen-bond acceptors (Lipinski definition) is 0. The number of hydrogen-bond donors (Lipinski definition) is 1. The molecule has 1 aromatic heterocycles. The maximum Gasteiger partial charge on any atom is 0.0459 e. The standard InChI is InChI=1S/C13H14BrN/c14-9-6-7-13-11(8-9)10-4-2-1-3-5-12(10)15-13/h6-8,15H,1-5H2. The number of halogens is 1. The number of H-pyrrole nitrogens is 1. The zero-order valence-corrected chi connectivity index (χ0v) is 10.2. The van der Waals surface area contributed by atoms with E-state index in [0.29, 0.717) is 0 Å². The minimum Gasteiger partial charge on any atom is -0.358 e. The molecular weight excluding hydrogens is 250 g/mol. The van der Waals surface area contributed by atoms with Gasteiger partial charge in [0.2, 0.25) is 0 Å². The molecule has 2 aromatic rings. The lowest BCUT2D eigenvalue weighted by Gasteiger charge is -1.98. The quantitative estimate of drug-likeness (QED) is 0.686. The molecule has 0 atom stereocenters. The Morgan fingerprint density at radius 1 is 1.07 bits per heavy atom. The van der Waals surface area contributed by atoms with E-state index in [4.69, 9.17) is 0 Å². The number of aryl methyl sites for hydroxylation is 2. The highest BCUT2D eigenvalue weighted by Crippen LogP contribution is 2.30. The van der Waals surface area contributed by atoms with Crippen molar-refractivity contribution in [3.05, 3.63) is 33.9 Å². The van der Waals surface area contributed by atoms with Gasteiger partial charge in [0.25, 0.3) is 0 Å². The number of aromatic amines is 1. The predicted molar refractivity (Wildman–Crippen MR) is 67.3 cm³/mol. The van der Waals surface area contributed by atoms with Gasteiger partial charge in [-0.05, 0) is 49.4 Å². The normalized spacial score (nSPS) is 16.3. The molecule has 0 saturated heterocycles. The van der Waals surface area contributed by atoms with Gasteiger partial charge in [-0.3, -0.25) is 0 Å². The zero-order chi connectivity index (χ0) is 10.3. The summed E-state index contributed by atoms with van der Waals surface area (Å²) in [6.07, 6.45) is 6.51. The lowest BCUT2D eigenvalue weighted by molar-refractivity contribution is 0.708. The number of nitrogens with one attached hydrogen (secondary N) is 1. The van der Waals surface area contributed by atoms with E-state index in [0.717, 1.165) is 0 Å². The van der Waals surface area contributed by atoms with E-state index < -0.39 is 0 Å². The fourth-order valence-corrected chi connectivity index (χ4v) is 2.92. The SMILES string of the molecule is Brc1ccc2[nH]c3c(c2c1)CCCCC3. The molecule has 0 bridgehead atoms. The van der Waals surface area contributed by atoms with Gasteiger partial charge in [-0.2, -0.15) is 0 Å². The predicted octanol–water partition coefficient (Wildman–Crippen LogP) is 4.20. The van der Waals surface area contributed by atoms with Gasteiger partial charge < -0.3 is 4.98 Å². The lowest BCUT2D eigenvalue weighted by atomic mass is 10.1. The van der Waals surface area contributed by atoms with E-state index in [9.17, 15) is 0 Å². The van der Waals surface area contributed by atoms with Gasteiger partial charge in [-0.15, -0.1) is 0 Å². The molecule has 0 fully saturated rings. The van der Waals surface area contributed by atoms with E-state index in [1.54, 1.807) is 5.56 Å². The highest BCUT2D eigenvalue weighted by atomic mass is 79.9. The molecule has 1 nitrogen and oxygen atoms in total. The van der Waals surface area contributed by atoms with Crippen molar-refractivity contribution < 1.29 is 0 Å². The van der Waals surface area contributed by atoms with Crippen LogP contribution in [0.15, 0.2) is 22.7 Å². The van der Waals surface area contributed by atoms with Gasteiger partial charge in [0.15, 0.2) is 0 Å². The molecule has 78 valence electrons. The second kappa shape index (κ2) is 3.67. The highest BCUT2D eigenvalue weighted by molar-refractivity contribution is 9.10. The molecule has 1 heterocycles. The summed E-state index contributed by atoms with van der Waals surface area (Å²) in [6.45, 7) is 0. The first-order valence-corrected chi connectivity index (χ1v) is 6.43. The van der Waals surface area contributed by atoms with E-state index in [1.807, 2.05) is 0 Å². The third-order valence-electron chi connectivity index (χ3n) is 3.31. The van der Waals surface area contributed by atoms with Crippen molar-refractivity contribution in [1.29, 1.82) is 0 Å². The Kier molecular flexibility index (Phi) is 2.32. The molecule has 0 unspecified atom stereocenters. The summed E-state index contributed by atoms with van der Waals surface area (Å²) in [4.78, 5) is 3.56. The third-order valence-corrected chi connectivity index (χ3v) is 3.80. The van der Waals surface area contributed by atoms with Crippen molar-refractivity contribution in [3.63, 3.8) is 0 Å². The monoisotopic (exact) mass is 263 g/mol. The molecule has 0 amide bonds. The number of rotatable bonds is 0. The van der Waals surface area contributed by atoms with Crippen LogP contribution in [0.4, 0.5) is 0 Å². The van der Waals surface area contributed by atoms with Crippen molar-refractivity contribution in [1.82, 2.24) is 4.98 Å². The summed E-state index contributed by atoms with van der Waals surface area (Å²) >= 11 is 3.55. The second-order valence-electron chi connectivity index (χ2n) is 4.33.